The molecule has 4 heteroatoms. The molecule has 1 atom stereocenters. The number of fused-ring (bicyclic) bond motifs is 3. The fourth-order valence-electron chi connectivity index (χ4n) is 3.91. The molecular weight excluding hydrogens is 352 g/mol. The van der Waals surface area contributed by atoms with Crippen molar-refractivity contribution in [2.24, 2.45) is 0 Å². The number of aryl methyl sites for hydroxylation is 1. The molecular formula is C23H18N2OS. The first kappa shape index (κ1) is 16.2. The van der Waals surface area contributed by atoms with Crippen molar-refractivity contribution in [1.29, 1.82) is 0 Å². The van der Waals surface area contributed by atoms with E-state index >= 15 is 0 Å². The molecule has 5 rings (SSSR count). The second-order valence-corrected chi connectivity index (χ2v) is 8.19. The maximum absolute atomic E-state index is 12.8. The van der Waals surface area contributed by atoms with Gasteiger partial charge in [0.15, 0.2) is 0 Å². The van der Waals surface area contributed by atoms with Crippen LogP contribution < -0.4 is 0 Å². The first-order valence-corrected chi connectivity index (χ1v) is 10.1. The predicted octanol–water partition coefficient (Wildman–Crippen LogP) is 5.30. The zero-order valence-corrected chi connectivity index (χ0v) is 16.0. The third-order valence-electron chi connectivity index (χ3n) is 5.14. The highest BCUT2D eigenvalue weighted by Gasteiger charge is 2.26. The van der Waals surface area contributed by atoms with Gasteiger partial charge in [-0.1, -0.05) is 42.5 Å². The van der Waals surface area contributed by atoms with Crippen LogP contribution in [0.4, 0.5) is 0 Å². The van der Waals surface area contributed by atoms with E-state index in [0.29, 0.717) is 0 Å². The first-order chi connectivity index (χ1) is 13.1. The molecule has 0 aliphatic carbocycles. The number of hydrogen-bond acceptors (Lipinski definition) is 2. The smallest absolute Gasteiger partial charge is 0.0862 e. The monoisotopic (exact) mass is 370 g/mol. The number of para-hydroxylation sites is 1. The zero-order chi connectivity index (χ0) is 18.5. The molecule has 3 aromatic carbocycles. The third kappa shape index (κ3) is 2.41. The van der Waals surface area contributed by atoms with Gasteiger partial charge in [-0.05, 0) is 55.3 Å². The van der Waals surface area contributed by atoms with Crippen LogP contribution in [0.1, 0.15) is 11.4 Å². The van der Waals surface area contributed by atoms with Crippen LogP contribution >= 0.6 is 0 Å². The van der Waals surface area contributed by atoms with E-state index in [2.05, 4.69) is 37.3 Å². The van der Waals surface area contributed by atoms with Crippen LogP contribution in [0.25, 0.3) is 27.9 Å². The molecule has 0 spiro atoms. The van der Waals surface area contributed by atoms with Crippen LogP contribution in [0.3, 0.4) is 0 Å². The van der Waals surface area contributed by atoms with Gasteiger partial charge in [0.05, 0.1) is 32.0 Å². The van der Waals surface area contributed by atoms with Gasteiger partial charge in [-0.25, -0.2) is 8.89 Å². The molecule has 27 heavy (non-hydrogen) atoms. The highest BCUT2D eigenvalue weighted by atomic mass is 32.2. The molecule has 4 aromatic rings. The molecule has 3 nitrogen and oxygen atoms in total. The summed E-state index contributed by atoms with van der Waals surface area (Å²) in [6.07, 6.45) is 0. The van der Waals surface area contributed by atoms with Gasteiger partial charge in [-0.2, -0.15) is 5.10 Å². The fourth-order valence-corrected chi connectivity index (χ4v) is 5.29. The summed E-state index contributed by atoms with van der Waals surface area (Å²) in [5.74, 6) is 0. The van der Waals surface area contributed by atoms with Crippen molar-refractivity contribution in [1.82, 2.24) is 9.78 Å². The average Bonchev–Trinajstić information content (AvgIpc) is 3.16. The molecule has 1 unspecified atom stereocenters. The molecule has 2 heterocycles. The zero-order valence-electron chi connectivity index (χ0n) is 15.1. The summed E-state index contributed by atoms with van der Waals surface area (Å²) in [6, 6.07) is 24.3. The molecule has 0 fully saturated rings. The highest BCUT2D eigenvalue weighted by Crippen LogP contribution is 2.43. The van der Waals surface area contributed by atoms with Crippen molar-refractivity contribution in [2.75, 3.05) is 0 Å². The van der Waals surface area contributed by atoms with Crippen LogP contribution in [-0.2, 0) is 10.8 Å². The normalized spacial score (nSPS) is 14.8. The first-order valence-electron chi connectivity index (χ1n) is 8.92. The summed E-state index contributed by atoms with van der Waals surface area (Å²) in [5.41, 5.74) is 7.52. The molecule has 0 bridgehead atoms. The van der Waals surface area contributed by atoms with Gasteiger partial charge in [-0.15, -0.1) is 0 Å². The van der Waals surface area contributed by atoms with Crippen LogP contribution in [0.5, 0.6) is 0 Å². The van der Waals surface area contributed by atoms with E-state index in [1.807, 2.05) is 54.1 Å². The number of rotatable bonds is 2. The summed E-state index contributed by atoms with van der Waals surface area (Å²) in [4.78, 5) is 1.80. The summed E-state index contributed by atoms with van der Waals surface area (Å²) >= 11 is 0. The number of hydrogen-bond donors (Lipinski definition) is 0. The number of nitrogens with zero attached hydrogens (tertiary/aromatic N) is 2. The second-order valence-electron chi connectivity index (χ2n) is 6.77. The van der Waals surface area contributed by atoms with Crippen LogP contribution in [0.2, 0.25) is 0 Å². The van der Waals surface area contributed by atoms with E-state index in [4.69, 9.17) is 5.10 Å². The second kappa shape index (κ2) is 6.03. The Morgan fingerprint density at radius 1 is 0.815 bits per heavy atom. The Balaban J connectivity index is 1.69. The summed E-state index contributed by atoms with van der Waals surface area (Å²) in [5, 5.41) is 4.77. The van der Waals surface area contributed by atoms with Gasteiger partial charge < -0.3 is 0 Å². The molecule has 0 amide bonds. The topological polar surface area (TPSA) is 34.9 Å². The van der Waals surface area contributed by atoms with E-state index in [1.54, 1.807) is 0 Å². The maximum atomic E-state index is 12.8. The van der Waals surface area contributed by atoms with Crippen molar-refractivity contribution in [3.63, 3.8) is 0 Å². The van der Waals surface area contributed by atoms with Crippen molar-refractivity contribution < 1.29 is 4.21 Å². The maximum Gasteiger partial charge on any atom is 0.0862 e. The molecule has 0 N–H and O–H groups in total. The molecule has 1 aromatic heterocycles. The quantitative estimate of drug-likeness (QED) is 0.422. The Kier molecular flexibility index (Phi) is 3.62. The van der Waals surface area contributed by atoms with E-state index in [1.165, 1.54) is 0 Å². The molecule has 0 saturated carbocycles. The van der Waals surface area contributed by atoms with Crippen LogP contribution in [0, 0.1) is 13.8 Å². The summed E-state index contributed by atoms with van der Waals surface area (Å²) in [7, 11) is -1.09. The third-order valence-corrected chi connectivity index (χ3v) is 6.65. The van der Waals surface area contributed by atoms with E-state index in [9.17, 15) is 4.21 Å². The standard InChI is InChI=1S/C23H18N2OS/c1-15-23(16(2)25(24-15)18-8-4-3-5-9-18)17-12-13-22-20(14-17)19-10-6-7-11-21(19)27(22)26/h3-14H,1-2H3. The molecule has 0 radical (unpaired) electrons. The number of benzene rings is 3. The Morgan fingerprint density at radius 2 is 1.52 bits per heavy atom. The van der Waals surface area contributed by atoms with Gasteiger partial charge in [0.1, 0.15) is 0 Å². The largest absolute Gasteiger partial charge is 0.249 e. The van der Waals surface area contributed by atoms with Gasteiger partial charge in [0.25, 0.3) is 0 Å². The van der Waals surface area contributed by atoms with E-state index in [-0.39, 0.29) is 0 Å². The lowest BCUT2D eigenvalue weighted by molar-refractivity contribution is 0.685. The lowest BCUT2D eigenvalue weighted by atomic mass is 9.98. The Bertz CT molecular complexity index is 1210. The Hall–Kier alpha value is -2.98. The van der Waals surface area contributed by atoms with Gasteiger partial charge in [0.2, 0.25) is 0 Å². The highest BCUT2D eigenvalue weighted by molar-refractivity contribution is 7.85. The molecule has 1 aliphatic rings. The minimum atomic E-state index is -1.09. The SMILES string of the molecule is Cc1nn(-c2ccccc2)c(C)c1-c1ccc2c(c1)-c1ccccc1S2=O. The predicted molar refractivity (Wildman–Crippen MR) is 109 cm³/mol. The van der Waals surface area contributed by atoms with Crippen molar-refractivity contribution in [3.8, 4) is 27.9 Å². The van der Waals surface area contributed by atoms with Crippen LogP contribution in [-0.4, -0.2) is 14.0 Å². The van der Waals surface area contributed by atoms with Crippen LogP contribution in [0.15, 0.2) is 82.6 Å². The lowest BCUT2D eigenvalue weighted by Crippen LogP contribution is -1.98. The summed E-state index contributed by atoms with van der Waals surface area (Å²) < 4.78 is 14.7. The Morgan fingerprint density at radius 3 is 2.33 bits per heavy atom. The van der Waals surface area contributed by atoms with Crippen molar-refractivity contribution in [3.05, 3.63) is 84.2 Å². The van der Waals surface area contributed by atoms with Gasteiger partial charge in [0, 0.05) is 16.8 Å². The minimum absolute atomic E-state index is 0.894. The molecule has 1 aliphatic heterocycles. The van der Waals surface area contributed by atoms with Crippen molar-refractivity contribution >= 4 is 10.8 Å². The molecule has 0 saturated heterocycles. The minimum Gasteiger partial charge on any atom is -0.249 e. The fraction of sp³-hybridized carbons (Fsp3) is 0.0870. The Labute approximate surface area is 160 Å². The summed E-state index contributed by atoms with van der Waals surface area (Å²) in [6.45, 7) is 4.14. The average molecular weight is 370 g/mol. The van der Waals surface area contributed by atoms with E-state index < -0.39 is 10.8 Å². The molecule has 132 valence electrons. The number of aromatic nitrogens is 2. The van der Waals surface area contributed by atoms with E-state index in [0.717, 1.165) is 49.1 Å². The van der Waals surface area contributed by atoms with Crippen molar-refractivity contribution in [2.45, 2.75) is 23.6 Å². The van der Waals surface area contributed by atoms with Gasteiger partial charge >= 0.3 is 0 Å². The van der Waals surface area contributed by atoms with Gasteiger partial charge in [-0.3, -0.25) is 0 Å². The lowest BCUT2D eigenvalue weighted by Gasteiger charge is -2.07.